The summed E-state index contributed by atoms with van der Waals surface area (Å²) in [6.07, 6.45) is 0. The largest absolute Gasteiger partial charge is 0.377 e. The summed E-state index contributed by atoms with van der Waals surface area (Å²) < 4.78 is 1.13. The molecular weight excluding hydrogens is 294 g/mol. The highest BCUT2D eigenvalue weighted by Crippen LogP contribution is 2.29. The average molecular weight is 310 g/mol. The summed E-state index contributed by atoms with van der Waals surface area (Å²) in [5.41, 5.74) is 3.83. The van der Waals surface area contributed by atoms with Crippen LogP contribution in [-0.2, 0) is 0 Å². The van der Waals surface area contributed by atoms with E-state index in [9.17, 15) is 0 Å². The van der Waals surface area contributed by atoms with E-state index in [4.69, 9.17) is 0 Å². The van der Waals surface area contributed by atoms with Crippen LogP contribution in [0.4, 0.5) is 5.69 Å². The Morgan fingerprint density at radius 3 is 2.53 bits per heavy atom. The number of thiophene rings is 1. The molecule has 2 rings (SSSR count). The Balaban J connectivity index is 2.19. The van der Waals surface area contributed by atoms with Crippen molar-refractivity contribution in [3.63, 3.8) is 0 Å². The van der Waals surface area contributed by atoms with E-state index in [0.29, 0.717) is 6.04 Å². The molecule has 0 bridgehead atoms. The number of nitrogens with one attached hydrogen (secondary N) is 1. The summed E-state index contributed by atoms with van der Waals surface area (Å²) >= 11 is 5.30. The van der Waals surface area contributed by atoms with E-state index < -0.39 is 0 Å². The number of benzene rings is 1. The first-order valence-electron chi connectivity index (χ1n) is 5.64. The Bertz CT molecular complexity index is 519. The van der Waals surface area contributed by atoms with Gasteiger partial charge in [0.15, 0.2) is 0 Å². The van der Waals surface area contributed by atoms with Crippen LogP contribution in [0.25, 0.3) is 0 Å². The molecular formula is C14H16BrNS. The zero-order chi connectivity index (χ0) is 12.4. The second-order valence-electron chi connectivity index (χ2n) is 4.29. The second-order valence-corrected chi connectivity index (χ2v) is 6.16. The van der Waals surface area contributed by atoms with Crippen LogP contribution in [0, 0.1) is 13.8 Å². The van der Waals surface area contributed by atoms with E-state index >= 15 is 0 Å². The van der Waals surface area contributed by atoms with Crippen molar-refractivity contribution < 1.29 is 0 Å². The lowest BCUT2D eigenvalue weighted by atomic mass is 10.1. The molecule has 1 heterocycles. The summed E-state index contributed by atoms with van der Waals surface area (Å²) in [5, 5.41) is 5.72. The molecule has 2 aromatic rings. The van der Waals surface area contributed by atoms with Crippen LogP contribution in [0.3, 0.4) is 0 Å². The average Bonchev–Trinajstić information content (AvgIpc) is 2.68. The van der Waals surface area contributed by atoms with Crippen LogP contribution in [0.1, 0.15) is 29.0 Å². The third-order valence-electron chi connectivity index (χ3n) is 2.86. The molecule has 1 aromatic carbocycles. The predicted molar refractivity (Wildman–Crippen MR) is 80.0 cm³/mol. The smallest absolute Gasteiger partial charge is 0.0581 e. The van der Waals surface area contributed by atoms with Crippen LogP contribution in [0.2, 0.25) is 0 Å². The van der Waals surface area contributed by atoms with Crippen molar-refractivity contribution in [2.75, 3.05) is 5.32 Å². The highest BCUT2D eigenvalue weighted by Gasteiger charge is 2.10. The number of hydrogen-bond donors (Lipinski definition) is 1. The summed E-state index contributed by atoms with van der Waals surface area (Å²) in [7, 11) is 0. The van der Waals surface area contributed by atoms with Crippen molar-refractivity contribution in [2.24, 2.45) is 0 Å². The van der Waals surface area contributed by atoms with E-state index in [0.717, 1.165) is 4.47 Å². The minimum Gasteiger partial charge on any atom is -0.377 e. The SMILES string of the molecule is Cc1cc(Br)ccc1NC(C)c1sccc1C. The summed E-state index contributed by atoms with van der Waals surface area (Å²) in [6.45, 7) is 6.50. The number of aryl methyl sites for hydroxylation is 2. The predicted octanol–water partition coefficient (Wildman–Crippen LogP) is 5.30. The maximum absolute atomic E-state index is 3.57. The van der Waals surface area contributed by atoms with E-state index in [-0.39, 0.29) is 0 Å². The fourth-order valence-corrected chi connectivity index (χ4v) is 3.33. The molecule has 90 valence electrons. The number of anilines is 1. The van der Waals surface area contributed by atoms with Gasteiger partial charge >= 0.3 is 0 Å². The first kappa shape index (κ1) is 12.7. The van der Waals surface area contributed by atoms with Gasteiger partial charge in [0.2, 0.25) is 0 Å². The minimum absolute atomic E-state index is 0.356. The minimum atomic E-state index is 0.356. The van der Waals surface area contributed by atoms with Crippen molar-refractivity contribution in [2.45, 2.75) is 26.8 Å². The van der Waals surface area contributed by atoms with Crippen LogP contribution in [-0.4, -0.2) is 0 Å². The molecule has 0 spiro atoms. The zero-order valence-electron chi connectivity index (χ0n) is 10.3. The van der Waals surface area contributed by atoms with Crippen molar-refractivity contribution in [1.82, 2.24) is 0 Å². The zero-order valence-corrected chi connectivity index (χ0v) is 12.7. The number of hydrogen-bond acceptors (Lipinski definition) is 2. The first-order valence-corrected chi connectivity index (χ1v) is 7.32. The summed E-state index contributed by atoms with van der Waals surface area (Å²) in [4.78, 5) is 1.41. The molecule has 0 aliphatic rings. The number of rotatable bonds is 3. The molecule has 17 heavy (non-hydrogen) atoms. The Kier molecular flexibility index (Phi) is 3.89. The Hall–Kier alpha value is -0.800. The third kappa shape index (κ3) is 2.90. The van der Waals surface area contributed by atoms with Gasteiger partial charge in [-0.1, -0.05) is 15.9 Å². The van der Waals surface area contributed by atoms with E-state index in [1.54, 1.807) is 0 Å². The Morgan fingerprint density at radius 2 is 1.94 bits per heavy atom. The van der Waals surface area contributed by atoms with E-state index in [1.165, 1.54) is 21.7 Å². The Labute approximate surface area is 115 Å². The molecule has 0 amide bonds. The third-order valence-corrected chi connectivity index (χ3v) is 4.55. The molecule has 0 aliphatic carbocycles. The maximum atomic E-state index is 3.57. The van der Waals surface area contributed by atoms with Gasteiger partial charge in [0.05, 0.1) is 6.04 Å². The number of halogens is 1. The van der Waals surface area contributed by atoms with Gasteiger partial charge in [0, 0.05) is 15.0 Å². The molecule has 1 aromatic heterocycles. The van der Waals surface area contributed by atoms with Crippen molar-refractivity contribution in [1.29, 1.82) is 0 Å². The maximum Gasteiger partial charge on any atom is 0.0581 e. The van der Waals surface area contributed by atoms with Gasteiger partial charge in [0.1, 0.15) is 0 Å². The second kappa shape index (κ2) is 5.23. The molecule has 0 aliphatic heterocycles. The molecule has 1 nitrogen and oxygen atoms in total. The molecule has 0 radical (unpaired) electrons. The van der Waals surface area contributed by atoms with Gasteiger partial charge in [-0.3, -0.25) is 0 Å². The molecule has 3 heteroatoms. The van der Waals surface area contributed by atoms with Crippen molar-refractivity contribution in [3.8, 4) is 0 Å². The van der Waals surface area contributed by atoms with Crippen molar-refractivity contribution in [3.05, 3.63) is 50.1 Å². The molecule has 0 saturated heterocycles. The standard InChI is InChI=1S/C14H16BrNS/c1-9-6-7-17-14(9)11(3)16-13-5-4-12(15)8-10(13)2/h4-8,11,16H,1-3H3. The van der Waals surface area contributed by atoms with Gasteiger partial charge in [-0.25, -0.2) is 0 Å². The Morgan fingerprint density at radius 1 is 1.18 bits per heavy atom. The fraction of sp³-hybridized carbons (Fsp3) is 0.286. The normalized spacial score (nSPS) is 12.5. The highest BCUT2D eigenvalue weighted by molar-refractivity contribution is 9.10. The molecule has 0 fully saturated rings. The van der Waals surface area contributed by atoms with Gasteiger partial charge in [-0.2, -0.15) is 0 Å². The van der Waals surface area contributed by atoms with Gasteiger partial charge in [-0.05, 0) is 61.5 Å². The lowest BCUT2D eigenvalue weighted by molar-refractivity contribution is 0.896. The van der Waals surface area contributed by atoms with Gasteiger partial charge in [-0.15, -0.1) is 11.3 Å². The van der Waals surface area contributed by atoms with Crippen LogP contribution >= 0.6 is 27.3 Å². The van der Waals surface area contributed by atoms with Gasteiger partial charge in [0.25, 0.3) is 0 Å². The summed E-state index contributed by atoms with van der Waals surface area (Å²) in [6, 6.07) is 8.86. The molecule has 1 N–H and O–H groups in total. The van der Waals surface area contributed by atoms with Crippen molar-refractivity contribution >= 4 is 33.0 Å². The topological polar surface area (TPSA) is 12.0 Å². The van der Waals surface area contributed by atoms with E-state index in [2.05, 4.69) is 71.7 Å². The molecule has 1 unspecified atom stereocenters. The fourth-order valence-electron chi connectivity index (χ4n) is 1.92. The van der Waals surface area contributed by atoms with E-state index in [1.807, 2.05) is 11.3 Å². The summed E-state index contributed by atoms with van der Waals surface area (Å²) in [5.74, 6) is 0. The molecule has 1 atom stereocenters. The van der Waals surface area contributed by atoms with Gasteiger partial charge < -0.3 is 5.32 Å². The van der Waals surface area contributed by atoms with Crippen LogP contribution in [0.5, 0.6) is 0 Å². The first-order chi connectivity index (χ1) is 8.08. The van der Waals surface area contributed by atoms with Crippen LogP contribution in [0.15, 0.2) is 34.1 Å². The lowest BCUT2D eigenvalue weighted by Crippen LogP contribution is -2.07. The van der Waals surface area contributed by atoms with Crippen LogP contribution < -0.4 is 5.32 Å². The quantitative estimate of drug-likeness (QED) is 0.811. The lowest BCUT2D eigenvalue weighted by Gasteiger charge is -2.17. The molecule has 0 saturated carbocycles. The highest BCUT2D eigenvalue weighted by atomic mass is 79.9. The monoisotopic (exact) mass is 309 g/mol.